The first kappa shape index (κ1) is 12.7. The van der Waals surface area contributed by atoms with Gasteiger partial charge in [-0.1, -0.05) is 47.9 Å². The van der Waals surface area contributed by atoms with Gasteiger partial charge in [-0.3, -0.25) is 10.1 Å². The Balaban J connectivity index is 2.49. The zero-order valence-corrected chi connectivity index (χ0v) is 10.5. The standard InChI is InChI=1S/C8H11Cl2N3OS/c1-2-3-4-5-12-13-8(15-5)11-7(14)6(9)10/h6H,2-4H2,1H3,(H,11,13,14). The summed E-state index contributed by atoms with van der Waals surface area (Å²) in [5.74, 6) is -0.475. The van der Waals surface area contributed by atoms with E-state index in [1.165, 1.54) is 11.3 Å². The van der Waals surface area contributed by atoms with E-state index in [0.29, 0.717) is 5.13 Å². The second-order valence-corrected chi connectivity index (χ2v) is 5.05. The number of alkyl halides is 2. The molecular formula is C8H11Cl2N3OS. The van der Waals surface area contributed by atoms with Gasteiger partial charge in [0.15, 0.2) is 4.84 Å². The number of aryl methyl sites for hydroxylation is 1. The quantitative estimate of drug-likeness (QED) is 0.835. The third kappa shape index (κ3) is 4.32. The average Bonchev–Trinajstić information content (AvgIpc) is 2.62. The fourth-order valence-corrected chi connectivity index (χ4v) is 1.79. The molecule has 0 spiro atoms. The Morgan fingerprint density at radius 1 is 1.53 bits per heavy atom. The van der Waals surface area contributed by atoms with Crippen LogP contribution in [0.2, 0.25) is 0 Å². The third-order valence-corrected chi connectivity index (χ3v) is 2.93. The molecule has 1 amide bonds. The number of unbranched alkanes of at least 4 members (excludes halogenated alkanes) is 1. The summed E-state index contributed by atoms with van der Waals surface area (Å²) in [7, 11) is 0. The molecule has 0 aliphatic rings. The molecule has 0 aliphatic heterocycles. The Hall–Kier alpha value is -0.390. The Labute approximate surface area is 102 Å². The summed E-state index contributed by atoms with van der Waals surface area (Å²) in [6, 6.07) is 0. The van der Waals surface area contributed by atoms with E-state index < -0.39 is 10.7 Å². The van der Waals surface area contributed by atoms with Crippen LogP contribution in [-0.4, -0.2) is 20.9 Å². The predicted molar refractivity (Wildman–Crippen MR) is 62.6 cm³/mol. The van der Waals surface area contributed by atoms with Gasteiger partial charge < -0.3 is 0 Å². The molecule has 0 radical (unpaired) electrons. The SMILES string of the molecule is CCCCc1nnc(NC(=O)C(Cl)Cl)s1. The van der Waals surface area contributed by atoms with Gasteiger partial charge in [0, 0.05) is 6.42 Å². The van der Waals surface area contributed by atoms with Gasteiger partial charge in [-0.2, -0.15) is 0 Å². The number of nitrogens with zero attached hydrogens (tertiary/aromatic N) is 2. The summed E-state index contributed by atoms with van der Waals surface area (Å²) in [6.07, 6.45) is 3.05. The van der Waals surface area contributed by atoms with Crippen molar-refractivity contribution in [3.05, 3.63) is 5.01 Å². The zero-order chi connectivity index (χ0) is 11.3. The van der Waals surface area contributed by atoms with Gasteiger partial charge in [0.2, 0.25) is 5.13 Å². The number of anilines is 1. The van der Waals surface area contributed by atoms with E-state index >= 15 is 0 Å². The van der Waals surface area contributed by atoms with Crippen LogP contribution in [0.4, 0.5) is 5.13 Å². The maximum Gasteiger partial charge on any atom is 0.259 e. The maximum absolute atomic E-state index is 11.1. The van der Waals surface area contributed by atoms with Gasteiger partial charge in [0.05, 0.1) is 0 Å². The largest absolute Gasteiger partial charge is 0.298 e. The molecule has 0 bridgehead atoms. The lowest BCUT2D eigenvalue weighted by Gasteiger charge is -1.98. The lowest BCUT2D eigenvalue weighted by atomic mass is 10.3. The molecule has 1 aromatic heterocycles. The molecule has 1 aromatic rings. The molecule has 84 valence electrons. The van der Waals surface area contributed by atoms with Gasteiger partial charge in [-0.05, 0) is 6.42 Å². The second-order valence-electron chi connectivity index (χ2n) is 2.89. The molecule has 0 atom stereocenters. The minimum atomic E-state index is -1.08. The highest BCUT2D eigenvalue weighted by Gasteiger charge is 2.13. The number of carbonyl (C=O) groups excluding carboxylic acids is 1. The third-order valence-electron chi connectivity index (χ3n) is 1.64. The van der Waals surface area contributed by atoms with Gasteiger partial charge in [-0.25, -0.2) is 0 Å². The molecular weight excluding hydrogens is 257 g/mol. The molecule has 0 unspecified atom stereocenters. The number of aromatic nitrogens is 2. The summed E-state index contributed by atoms with van der Waals surface area (Å²) >= 11 is 12.1. The maximum atomic E-state index is 11.1. The average molecular weight is 268 g/mol. The molecule has 1 rings (SSSR count). The molecule has 0 saturated heterocycles. The Bertz CT molecular complexity index is 329. The highest BCUT2D eigenvalue weighted by atomic mass is 35.5. The zero-order valence-electron chi connectivity index (χ0n) is 8.17. The number of hydrogen-bond donors (Lipinski definition) is 1. The van der Waals surface area contributed by atoms with Crippen molar-refractivity contribution in [2.45, 2.75) is 31.0 Å². The van der Waals surface area contributed by atoms with E-state index in [-0.39, 0.29) is 0 Å². The summed E-state index contributed by atoms with van der Waals surface area (Å²) in [6.45, 7) is 2.11. The highest BCUT2D eigenvalue weighted by Crippen LogP contribution is 2.18. The van der Waals surface area contributed by atoms with Crippen molar-refractivity contribution >= 4 is 45.6 Å². The van der Waals surface area contributed by atoms with Crippen molar-refractivity contribution in [1.29, 1.82) is 0 Å². The first-order valence-electron chi connectivity index (χ1n) is 4.55. The van der Waals surface area contributed by atoms with Crippen molar-refractivity contribution < 1.29 is 4.79 Å². The van der Waals surface area contributed by atoms with Crippen LogP contribution in [0.3, 0.4) is 0 Å². The molecule has 15 heavy (non-hydrogen) atoms. The van der Waals surface area contributed by atoms with Crippen LogP contribution in [0, 0.1) is 0 Å². The summed E-state index contributed by atoms with van der Waals surface area (Å²) < 4.78 is 0. The van der Waals surface area contributed by atoms with Crippen LogP contribution >= 0.6 is 34.5 Å². The van der Waals surface area contributed by atoms with Crippen molar-refractivity contribution in [3.8, 4) is 0 Å². The Kier molecular flexibility index (Phi) is 5.28. The molecule has 0 fully saturated rings. The normalized spacial score (nSPS) is 10.7. The number of halogens is 2. The lowest BCUT2D eigenvalue weighted by molar-refractivity contribution is -0.114. The number of hydrogen-bond acceptors (Lipinski definition) is 4. The van der Waals surface area contributed by atoms with Crippen LogP contribution in [0.15, 0.2) is 0 Å². The smallest absolute Gasteiger partial charge is 0.259 e. The van der Waals surface area contributed by atoms with Crippen molar-refractivity contribution in [1.82, 2.24) is 10.2 Å². The van der Waals surface area contributed by atoms with E-state index in [4.69, 9.17) is 23.2 Å². The summed E-state index contributed by atoms with van der Waals surface area (Å²) in [5, 5.41) is 11.6. The molecule has 1 N–H and O–H groups in total. The molecule has 0 aliphatic carbocycles. The number of amides is 1. The van der Waals surface area contributed by atoms with Gasteiger partial charge in [0.1, 0.15) is 5.01 Å². The first-order valence-corrected chi connectivity index (χ1v) is 6.23. The minimum absolute atomic E-state index is 0.442. The summed E-state index contributed by atoms with van der Waals surface area (Å²) in [5.41, 5.74) is 0. The number of rotatable bonds is 5. The van der Waals surface area contributed by atoms with Crippen molar-refractivity contribution in [2.24, 2.45) is 0 Å². The van der Waals surface area contributed by atoms with Crippen molar-refractivity contribution in [3.63, 3.8) is 0 Å². The second kappa shape index (κ2) is 6.25. The van der Waals surface area contributed by atoms with Crippen LogP contribution in [0.25, 0.3) is 0 Å². The van der Waals surface area contributed by atoms with Crippen molar-refractivity contribution in [2.75, 3.05) is 5.32 Å². The van der Waals surface area contributed by atoms with E-state index in [1.54, 1.807) is 0 Å². The number of carbonyl (C=O) groups is 1. The minimum Gasteiger partial charge on any atom is -0.298 e. The first-order chi connectivity index (χ1) is 7.13. The van der Waals surface area contributed by atoms with Crippen LogP contribution in [-0.2, 0) is 11.2 Å². The molecule has 0 saturated carbocycles. The van der Waals surface area contributed by atoms with Crippen LogP contribution in [0.5, 0.6) is 0 Å². The Morgan fingerprint density at radius 3 is 2.87 bits per heavy atom. The van der Waals surface area contributed by atoms with Gasteiger partial charge in [-0.15, -0.1) is 10.2 Å². The van der Waals surface area contributed by atoms with Gasteiger partial charge >= 0.3 is 0 Å². The fraction of sp³-hybridized carbons (Fsp3) is 0.625. The predicted octanol–water partition coefficient (Wildman–Crippen LogP) is 2.62. The Morgan fingerprint density at radius 2 is 2.27 bits per heavy atom. The molecule has 1 heterocycles. The highest BCUT2D eigenvalue weighted by molar-refractivity contribution is 7.15. The fourth-order valence-electron chi connectivity index (χ4n) is 0.893. The molecule has 7 heteroatoms. The van der Waals surface area contributed by atoms with E-state index in [9.17, 15) is 4.79 Å². The lowest BCUT2D eigenvalue weighted by Crippen LogP contribution is -2.18. The number of nitrogens with one attached hydrogen (secondary N) is 1. The summed E-state index contributed by atoms with van der Waals surface area (Å²) in [4.78, 5) is 10.0. The molecule has 0 aromatic carbocycles. The van der Waals surface area contributed by atoms with E-state index in [1.807, 2.05) is 0 Å². The monoisotopic (exact) mass is 267 g/mol. The van der Waals surface area contributed by atoms with Crippen LogP contribution < -0.4 is 5.32 Å². The van der Waals surface area contributed by atoms with E-state index in [2.05, 4.69) is 22.4 Å². The van der Waals surface area contributed by atoms with Crippen LogP contribution in [0.1, 0.15) is 24.8 Å². The van der Waals surface area contributed by atoms with Gasteiger partial charge in [0.25, 0.3) is 5.91 Å². The topological polar surface area (TPSA) is 54.9 Å². The molecule has 4 nitrogen and oxygen atoms in total. The van der Waals surface area contributed by atoms with E-state index in [0.717, 1.165) is 24.3 Å².